The standard InChI is InChI=1S/C22H26N2O4/c1-22(2,3)20(25)28-24-19-13-18(19)16-9-11-17(12-10-16)23-21(26)27-14-15-7-5-4-6-8-15/h4-12,18-19,24H,13-14H2,1-3H3,(H,23,26). The number of carbonyl (C=O) groups excluding carboxylic acids is 2. The smallest absolute Gasteiger partial charge is 0.411 e. The number of hydrogen-bond donors (Lipinski definition) is 2. The van der Waals surface area contributed by atoms with Gasteiger partial charge >= 0.3 is 12.1 Å². The molecule has 1 fully saturated rings. The third-order valence-corrected chi connectivity index (χ3v) is 4.50. The minimum absolute atomic E-state index is 0.126. The Hall–Kier alpha value is -2.86. The molecule has 0 spiro atoms. The summed E-state index contributed by atoms with van der Waals surface area (Å²) in [6, 6.07) is 17.3. The average Bonchev–Trinajstić information content (AvgIpc) is 3.45. The molecule has 28 heavy (non-hydrogen) atoms. The van der Waals surface area contributed by atoms with E-state index >= 15 is 0 Å². The largest absolute Gasteiger partial charge is 0.444 e. The van der Waals surface area contributed by atoms with Crippen LogP contribution in [-0.4, -0.2) is 18.1 Å². The van der Waals surface area contributed by atoms with Gasteiger partial charge in [0, 0.05) is 11.6 Å². The third kappa shape index (κ3) is 5.57. The SMILES string of the molecule is CC(C)(C)C(=O)ONC1CC1c1ccc(NC(=O)OCc2ccccc2)cc1. The van der Waals surface area contributed by atoms with Crippen LogP contribution < -0.4 is 10.8 Å². The molecule has 2 atom stereocenters. The average molecular weight is 382 g/mol. The summed E-state index contributed by atoms with van der Waals surface area (Å²) in [6.45, 7) is 5.68. The molecule has 0 heterocycles. The van der Waals surface area contributed by atoms with Crippen molar-refractivity contribution in [2.75, 3.05) is 5.32 Å². The summed E-state index contributed by atoms with van der Waals surface area (Å²) in [5.74, 6) is 0.0264. The van der Waals surface area contributed by atoms with Crippen LogP contribution in [0.4, 0.5) is 10.5 Å². The van der Waals surface area contributed by atoms with Gasteiger partial charge < -0.3 is 9.57 Å². The van der Waals surface area contributed by atoms with Crippen LogP contribution >= 0.6 is 0 Å². The van der Waals surface area contributed by atoms with E-state index < -0.39 is 11.5 Å². The van der Waals surface area contributed by atoms with Gasteiger partial charge in [-0.2, -0.15) is 0 Å². The molecule has 0 bridgehead atoms. The molecule has 6 nitrogen and oxygen atoms in total. The molecular formula is C22H26N2O4. The second-order valence-corrected chi connectivity index (χ2v) is 8.01. The van der Waals surface area contributed by atoms with E-state index in [0.29, 0.717) is 11.6 Å². The minimum atomic E-state index is -0.528. The number of anilines is 1. The van der Waals surface area contributed by atoms with Crippen molar-refractivity contribution >= 4 is 17.7 Å². The van der Waals surface area contributed by atoms with Crippen molar-refractivity contribution in [1.29, 1.82) is 0 Å². The Bertz CT molecular complexity index is 813. The van der Waals surface area contributed by atoms with Crippen LogP contribution in [0.3, 0.4) is 0 Å². The van der Waals surface area contributed by atoms with Crippen molar-refractivity contribution in [2.24, 2.45) is 5.41 Å². The number of rotatable bonds is 6. The summed E-state index contributed by atoms with van der Waals surface area (Å²) in [5, 5.41) is 2.72. The lowest BCUT2D eigenvalue weighted by molar-refractivity contribution is -0.161. The molecule has 1 amide bonds. The molecule has 148 valence electrons. The van der Waals surface area contributed by atoms with Crippen molar-refractivity contribution in [2.45, 2.75) is 45.8 Å². The number of carbonyl (C=O) groups is 2. The van der Waals surface area contributed by atoms with Crippen molar-refractivity contribution in [3.8, 4) is 0 Å². The van der Waals surface area contributed by atoms with E-state index in [0.717, 1.165) is 17.5 Å². The van der Waals surface area contributed by atoms with E-state index in [2.05, 4.69) is 10.8 Å². The summed E-state index contributed by atoms with van der Waals surface area (Å²) in [5.41, 5.74) is 5.07. The van der Waals surface area contributed by atoms with Gasteiger partial charge in [0.15, 0.2) is 0 Å². The fourth-order valence-electron chi connectivity index (χ4n) is 2.67. The quantitative estimate of drug-likeness (QED) is 0.725. The van der Waals surface area contributed by atoms with Gasteiger partial charge in [-0.3, -0.25) is 5.32 Å². The van der Waals surface area contributed by atoms with Crippen molar-refractivity contribution in [1.82, 2.24) is 5.48 Å². The number of hydrogen-bond acceptors (Lipinski definition) is 5. The van der Waals surface area contributed by atoms with E-state index in [-0.39, 0.29) is 18.6 Å². The molecule has 0 aromatic heterocycles. The number of hydroxylamine groups is 1. The molecule has 2 aromatic carbocycles. The topological polar surface area (TPSA) is 76.7 Å². The maximum absolute atomic E-state index is 11.9. The van der Waals surface area contributed by atoms with E-state index in [9.17, 15) is 9.59 Å². The molecular weight excluding hydrogens is 356 g/mol. The van der Waals surface area contributed by atoms with Gasteiger partial charge in [0.2, 0.25) is 0 Å². The number of ether oxygens (including phenoxy) is 1. The summed E-state index contributed by atoms with van der Waals surface area (Å²) >= 11 is 0. The van der Waals surface area contributed by atoms with Gasteiger partial charge in [0.05, 0.1) is 11.5 Å². The lowest BCUT2D eigenvalue weighted by atomic mass is 9.98. The summed E-state index contributed by atoms with van der Waals surface area (Å²) in [7, 11) is 0. The Morgan fingerprint density at radius 3 is 2.36 bits per heavy atom. The molecule has 6 heteroatoms. The van der Waals surface area contributed by atoms with Crippen molar-refractivity contribution in [3.63, 3.8) is 0 Å². The summed E-state index contributed by atoms with van der Waals surface area (Å²) in [4.78, 5) is 28.9. The molecule has 2 unspecified atom stereocenters. The zero-order chi connectivity index (χ0) is 20.1. The van der Waals surface area contributed by atoms with Gasteiger partial charge in [-0.1, -0.05) is 42.5 Å². The molecule has 2 aromatic rings. The Morgan fingerprint density at radius 2 is 1.71 bits per heavy atom. The Morgan fingerprint density at radius 1 is 1.04 bits per heavy atom. The molecule has 1 aliphatic carbocycles. The van der Waals surface area contributed by atoms with Crippen molar-refractivity contribution in [3.05, 3.63) is 65.7 Å². The normalized spacial score (nSPS) is 18.2. The maximum atomic E-state index is 11.9. The fourth-order valence-corrected chi connectivity index (χ4v) is 2.67. The number of benzene rings is 2. The number of nitrogens with one attached hydrogen (secondary N) is 2. The molecule has 0 radical (unpaired) electrons. The third-order valence-electron chi connectivity index (χ3n) is 4.50. The van der Waals surface area contributed by atoms with Crippen LogP contribution in [0.25, 0.3) is 0 Å². The van der Waals surface area contributed by atoms with Gasteiger partial charge in [-0.15, -0.1) is 5.48 Å². The van der Waals surface area contributed by atoms with Gasteiger partial charge in [-0.25, -0.2) is 9.59 Å². The van der Waals surface area contributed by atoms with E-state index in [1.165, 1.54) is 0 Å². The lowest BCUT2D eigenvalue weighted by Gasteiger charge is -2.16. The Labute approximate surface area is 165 Å². The number of amides is 1. The highest BCUT2D eigenvalue weighted by atomic mass is 16.7. The zero-order valence-electron chi connectivity index (χ0n) is 16.4. The van der Waals surface area contributed by atoms with Crippen LogP contribution in [-0.2, 0) is 21.0 Å². The van der Waals surface area contributed by atoms with Crippen LogP contribution in [0.1, 0.15) is 44.2 Å². The van der Waals surface area contributed by atoms with Crippen LogP contribution in [0, 0.1) is 5.41 Å². The van der Waals surface area contributed by atoms with Crippen LogP contribution in [0.5, 0.6) is 0 Å². The molecule has 3 rings (SSSR count). The predicted molar refractivity (Wildman–Crippen MR) is 107 cm³/mol. The van der Waals surface area contributed by atoms with Gasteiger partial charge in [0.25, 0.3) is 0 Å². The first kappa shape index (κ1) is 19.9. The van der Waals surface area contributed by atoms with E-state index in [1.807, 2.05) is 75.4 Å². The second kappa shape index (κ2) is 8.44. The van der Waals surface area contributed by atoms with Crippen LogP contribution in [0.15, 0.2) is 54.6 Å². The Balaban J connectivity index is 1.43. The lowest BCUT2D eigenvalue weighted by Crippen LogP contribution is -2.31. The van der Waals surface area contributed by atoms with Gasteiger partial charge in [0.1, 0.15) is 6.61 Å². The van der Waals surface area contributed by atoms with E-state index in [4.69, 9.17) is 9.57 Å². The first-order valence-electron chi connectivity index (χ1n) is 9.37. The summed E-state index contributed by atoms with van der Waals surface area (Å²) in [6.07, 6.45) is 0.417. The van der Waals surface area contributed by atoms with E-state index in [1.54, 1.807) is 0 Å². The first-order valence-corrected chi connectivity index (χ1v) is 9.37. The highest BCUT2D eigenvalue weighted by Crippen LogP contribution is 2.41. The van der Waals surface area contributed by atoms with Crippen LogP contribution in [0.2, 0.25) is 0 Å². The second-order valence-electron chi connectivity index (χ2n) is 8.01. The highest BCUT2D eigenvalue weighted by Gasteiger charge is 2.40. The zero-order valence-corrected chi connectivity index (χ0v) is 16.4. The molecule has 2 N–H and O–H groups in total. The van der Waals surface area contributed by atoms with Gasteiger partial charge in [-0.05, 0) is 50.5 Å². The summed E-state index contributed by atoms with van der Waals surface area (Å²) < 4.78 is 5.21. The maximum Gasteiger partial charge on any atom is 0.411 e. The predicted octanol–water partition coefficient (Wildman–Crippen LogP) is 4.39. The Kier molecular flexibility index (Phi) is 5.99. The minimum Gasteiger partial charge on any atom is -0.444 e. The molecule has 0 aliphatic heterocycles. The molecule has 1 saturated carbocycles. The first-order chi connectivity index (χ1) is 13.3. The van der Waals surface area contributed by atoms with Crippen molar-refractivity contribution < 1.29 is 19.2 Å². The highest BCUT2D eigenvalue weighted by molar-refractivity contribution is 5.84. The fraction of sp³-hybridized carbons (Fsp3) is 0.364. The monoisotopic (exact) mass is 382 g/mol. The molecule has 1 aliphatic rings. The molecule has 0 saturated heterocycles.